The summed E-state index contributed by atoms with van der Waals surface area (Å²) in [6.07, 6.45) is 7.83. The van der Waals surface area contributed by atoms with E-state index in [-0.39, 0.29) is 4.75 Å². The van der Waals surface area contributed by atoms with E-state index >= 15 is 0 Å². The van der Waals surface area contributed by atoms with Crippen LogP contribution in [0.3, 0.4) is 0 Å². The number of thioether (sulfide) groups is 1. The third kappa shape index (κ3) is 2.10. The summed E-state index contributed by atoms with van der Waals surface area (Å²) in [5.74, 6) is 0.418. The molecule has 0 spiro atoms. The molecule has 0 saturated heterocycles. The quantitative estimate of drug-likeness (QED) is 0.794. The lowest BCUT2D eigenvalue weighted by atomic mass is 9.76. The van der Waals surface area contributed by atoms with Gasteiger partial charge in [0.25, 0.3) is 0 Å². The zero-order chi connectivity index (χ0) is 15.2. The zero-order valence-corrected chi connectivity index (χ0v) is 13.4. The lowest BCUT2D eigenvalue weighted by Gasteiger charge is -2.32. The molecule has 0 fully saturated rings. The van der Waals surface area contributed by atoms with Gasteiger partial charge in [-0.05, 0) is 30.5 Å². The molecule has 1 nitrogen and oxygen atoms in total. The highest BCUT2D eigenvalue weighted by atomic mass is 32.2. The molecule has 110 valence electrons. The Bertz CT molecular complexity index is 776. The smallest absolute Gasteiger partial charge is 0.0468 e. The molecule has 1 aliphatic carbocycles. The fourth-order valence-corrected chi connectivity index (χ4v) is 5.13. The Morgan fingerprint density at radius 2 is 1.91 bits per heavy atom. The van der Waals surface area contributed by atoms with E-state index in [4.69, 9.17) is 5.73 Å². The van der Waals surface area contributed by atoms with Crippen LogP contribution in [0, 0.1) is 0 Å². The average molecular weight is 305 g/mol. The molecule has 2 heteroatoms. The van der Waals surface area contributed by atoms with Crippen LogP contribution in [-0.4, -0.2) is 4.75 Å². The van der Waals surface area contributed by atoms with Gasteiger partial charge < -0.3 is 5.73 Å². The Morgan fingerprint density at radius 3 is 2.73 bits per heavy atom. The third-order valence-electron chi connectivity index (χ3n) is 4.64. The van der Waals surface area contributed by atoms with Crippen molar-refractivity contribution in [2.75, 3.05) is 5.73 Å². The van der Waals surface area contributed by atoms with E-state index in [0.29, 0.717) is 5.92 Å². The van der Waals surface area contributed by atoms with E-state index in [9.17, 15) is 0 Å². The Hall–Kier alpha value is -1.93. The standard InChI is InChI=1S/C20H19NS/c1-20-12-6-9-15(13-14-7-3-2-4-8-14)18(20)16-10-5-11-17(21)19(16)22-20/h2-12,18H,13,21H2,1H3. The topological polar surface area (TPSA) is 26.0 Å². The van der Waals surface area contributed by atoms with Crippen molar-refractivity contribution >= 4 is 17.4 Å². The molecule has 1 heterocycles. The van der Waals surface area contributed by atoms with Crippen molar-refractivity contribution in [2.45, 2.75) is 28.9 Å². The van der Waals surface area contributed by atoms with Crippen molar-refractivity contribution in [3.63, 3.8) is 0 Å². The largest absolute Gasteiger partial charge is 0.398 e. The first kappa shape index (κ1) is 13.7. The molecule has 2 aromatic rings. The van der Waals surface area contributed by atoms with E-state index in [1.165, 1.54) is 21.6 Å². The number of allylic oxidation sites excluding steroid dienone is 3. The predicted octanol–water partition coefficient (Wildman–Crippen LogP) is 4.96. The SMILES string of the molecule is CC12C=CC=C(Cc3ccccc3)C1c1cccc(N)c1S2. The summed E-state index contributed by atoms with van der Waals surface area (Å²) < 4.78 is 0.0800. The fourth-order valence-electron chi connectivity index (χ4n) is 3.66. The second-order valence-electron chi connectivity index (χ2n) is 6.25. The van der Waals surface area contributed by atoms with Crippen molar-refractivity contribution in [1.29, 1.82) is 0 Å². The number of hydrogen-bond donors (Lipinski definition) is 1. The maximum absolute atomic E-state index is 6.22. The Morgan fingerprint density at radius 1 is 1.09 bits per heavy atom. The highest BCUT2D eigenvalue weighted by molar-refractivity contribution is 8.01. The number of rotatable bonds is 2. The number of nitrogens with two attached hydrogens (primary N) is 1. The molecule has 2 unspecified atom stereocenters. The van der Waals surface area contributed by atoms with Crippen LogP contribution in [0.1, 0.15) is 24.0 Å². The monoisotopic (exact) mass is 305 g/mol. The zero-order valence-electron chi connectivity index (χ0n) is 12.6. The van der Waals surface area contributed by atoms with Gasteiger partial charge in [-0.3, -0.25) is 0 Å². The van der Waals surface area contributed by atoms with Crippen LogP contribution >= 0.6 is 11.8 Å². The van der Waals surface area contributed by atoms with Gasteiger partial charge in [0.1, 0.15) is 0 Å². The predicted molar refractivity (Wildman–Crippen MR) is 95.2 cm³/mol. The van der Waals surface area contributed by atoms with Gasteiger partial charge in [0.2, 0.25) is 0 Å². The van der Waals surface area contributed by atoms with E-state index in [2.05, 4.69) is 67.6 Å². The summed E-state index contributed by atoms with van der Waals surface area (Å²) in [4.78, 5) is 1.26. The van der Waals surface area contributed by atoms with Gasteiger partial charge in [-0.2, -0.15) is 0 Å². The number of fused-ring (bicyclic) bond motifs is 3. The van der Waals surface area contributed by atoms with Crippen LogP contribution in [0.2, 0.25) is 0 Å². The number of anilines is 1. The number of nitrogen functional groups attached to an aromatic ring is 1. The van der Waals surface area contributed by atoms with Crippen LogP contribution in [0.5, 0.6) is 0 Å². The fraction of sp³-hybridized carbons (Fsp3) is 0.200. The molecule has 0 saturated carbocycles. The summed E-state index contributed by atoms with van der Waals surface area (Å²) in [7, 11) is 0. The van der Waals surface area contributed by atoms with E-state index in [1.54, 1.807) is 0 Å². The molecule has 0 aromatic heterocycles. The van der Waals surface area contributed by atoms with Crippen molar-refractivity contribution in [1.82, 2.24) is 0 Å². The first-order valence-electron chi connectivity index (χ1n) is 7.67. The van der Waals surface area contributed by atoms with Gasteiger partial charge in [-0.15, -0.1) is 11.8 Å². The summed E-state index contributed by atoms with van der Waals surface area (Å²) in [5, 5.41) is 0. The Balaban J connectivity index is 1.77. The van der Waals surface area contributed by atoms with Gasteiger partial charge in [0.05, 0.1) is 0 Å². The first-order chi connectivity index (χ1) is 10.7. The maximum atomic E-state index is 6.22. The van der Waals surface area contributed by atoms with E-state index in [0.717, 1.165) is 12.1 Å². The van der Waals surface area contributed by atoms with Crippen molar-refractivity contribution < 1.29 is 0 Å². The van der Waals surface area contributed by atoms with Crippen molar-refractivity contribution in [3.8, 4) is 0 Å². The second kappa shape index (κ2) is 5.06. The molecule has 0 bridgehead atoms. The molecule has 22 heavy (non-hydrogen) atoms. The molecule has 2 N–H and O–H groups in total. The molecule has 2 aromatic carbocycles. The normalized spacial score (nSPS) is 25.5. The minimum atomic E-state index is 0.0800. The second-order valence-corrected chi connectivity index (χ2v) is 7.74. The highest BCUT2D eigenvalue weighted by Gasteiger charge is 2.45. The molecule has 4 rings (SSSR count). The lowest BCUT2D eigenvalue weighted by Crippen LogP contribution is -2.26. The van der Waals surface area contributed by atoms with Gasteiger partial charge in [0.15, 0.2) is 0 Å². The minimum Gasteiger partial charge on any atom is -0.398 e. The Labute approximate surface area is 135 Å². The van der Waals surface area contributed by atoms with Gasteiger partial charge in [-0.25, -0.2) is 0 Å². The molecule has 0 radical (unpaired) electrons. The van der Waals surface area contributed by atoms with Gasteiger partial charge >= 0.3 is 0 Å². The van der Waals surface area contributed by atoms with Gasteiger partial charge in [0, 0.05) is 21.2 Å². The van der Waals surface area contributed by atoms with Crippen LogP contribution in [0.25, 0.3) is 0 Å². The van der Waals surface area contributed by atoms with Crippen LogP contribution in [0.4, 0.5) is 5.69 Å². The molecule has 2 atom stereocenters. The average Bonchev–Trinajstić information content (AvgIpc) is 2.83. The minimum absolute atomic E-state index is 0.0800. The third-order valence-corrected chi connectivity index (χ3v) is 6.13. The maximum Gasteiger partial charge on any atom is 0.0468 e. The van der Waals surface area contributed by atoms with E-state index in [1.807, 2.05) is 17.8 Å². The van der Waals surface area contributed by atoms with Crippen molar-refractivity contribution in [2.24, 2.45) is 0 Å². The van der Waals surface area contributed by atoms with Crippen LogP contribution in [-0.2, 0) is 6.42 Å². The summed E-state index contributed by atoms with van der Waals surface area (Å²) >= 11 is 1.91. The summed E-state index contributed by atoms with van der Waals surface area (Å²) in [5.41, 5.74) is 11.4. The summed E-state index contributed by atoms with van der Waals surface area (Å²) in [6, 6.07) is 17.1. The molecule has 1 aliphatic heterocycles. The first-order valence-corrected chi connectivity index (χ1v) is 8.49. The molecule has 0 amide bonds. The van der Waals surface area contributed by atoms with Gasteiger partial charge in [-0.1, -0.05) is 66.3 Å². The van der Waals surface area contributed by atoms with E-state index < -0.39 is 0 Å². The molecule has 2 aliphatic rings. The van der Waals surface area contributed by atoms with Crippen LogP contribution < -0.4 is 5.73 Å². The number of hydrogen-bond acceptors (Lipinski definition) is 2. The molecular formula is C20H19NS. The van der Waals surface area contributed by atoms with Crippen molar-refractivity contribution in [3.05, 3.63) is 83.5 Å². The highest BCUT2D eigenvalue weighted by Crippen LogP contribution is 2.59. The lowest BCUT2D eigenvalue weighted by molar-refractivity contribution is 0.653. The summed E-state index contributed by atoms with van der Waals surface area (Å²) in [6.45, 7) is 2.33. The number of benzene rings is 2. The van der Waals surface area contributed by atoms with Crippen LogP contribution in [0.15, 0.2) is 77.2 Å². The molecular weight excluding hydrogens is 286 g/mol. The Kier molecular flexibility index (Phi) is 3.16.